The molecule has 32 heavy (non-hydrogen) atoms. The van der Waals surface area contributed by atoms with Gasteiger partial charge >= 0.3 is 0 Å². The molecule has 1 aliphatic rings. The fourth-order valence-corrected chi connectivity index (χ4v) is 3.83. The van der Waals surface area contributed by atoms with Crippen LogP contribution in [0.15, 0.2) is 36.5 Å². The van der Waals surface area contributed by atoms with Crippen LogP contribution in [0.3, 0.4) is 0 Å². The van der Waals surface area contributed by atoms with Crippen LogP contribution in [0.4, 0.5) is 5.82 Å². The number of carbonyl (C=O) groups excluding carboxylic acids is 1. The molecule has 0 unspecified atom stereocenters. The summed E-state index contributed by atoms with van der Waals surface area (Å²) in [7, 11) is 0. The van der Waals surface area contributed by atoms with Gasteiger partial charge in [-0.1, -0.05) is 31.2 Å². The number of nitrogens with one attached hydrogen (secondary N) is 1. The Bertz CT molecular complexity index is 1170. The molecule has 8 heteroatoms. The number of aromatic nitrogens is 4. The second-order valence-electron chi connectivity index (χ2n) is 8.54. The molecule has 164 valence electrons. The van der Waals surface area contributed by atoms with Crippen LogP contribution in [0.2, 0.25) is 0 Å². The van der Waals surface area contributed by atoms with Crippen LogP contribution in [0.5, 0.6) is 0 Å². The maximum Gasteiger partial charge on any atom is 0.273 e. The number of anilines is 1. The average Bonchev–Trinajstić information content (AvgIpc) is 3.19. The molecule has 0 saturated carbocycles. The summed E-state index contributed by atoms with van der Waals surface area (Å²) in [4.78, 5) is 19.3. The van der Waals surface area contributed by atoms with Gasteiger partial charge in [0.05, 0.1) is 16.9 Å². The highest BCUT2D eigenvalue weighted by Crippen LogP contribution is 2.28. The second kappa shape index (κ2) is 8.79. The Morgan fingerprint density at radius 3 is 2.72 bits per heavy atom. The number of pyridine rings is 1. The molecule has 0 spiro atoms. The smallest absolute Gasteiger partial charge is 0.273 e. The number of hydrogen-bond donors (Lipinski definition) is 1. The van der Waals surface area contributed by atoms with Gasteiger partial charge < -0.3 is 10.2 Å². The van der Waals surface area contributed by atoms with Gasteiger partial charge in [0, 0.05) is 25.3 Å². The van der Waals surface area contributed by atoms with Crippen molar-refractivity contribution in [3.8, 4) is 11.8 Å². The van der Waals surface area contributed by atoms with Crippen molar-refractivity contribution in [3.63, 3.8) is 0 Å². The van der Waals surface area contributed by atoms with Gasteiger partial charge in [0.25, 0.3) is 5.91 Å². The maximum atomic E-state index is 12.7. The van der Waals surface area contributed by atoms with Gasteiger partial charge in [-0.25, -0.2) is 9.67 Å². The standard InChI is InChI=1S/C24H27N7O/c1-15(2)16(3)27-24(32)23-17(4)31(29-28-23)21-7-5-6-19-14-30(11-10-20(19)21)22-9-8-18(12-25)13-26-22/h5-9,13,15-16H,10-11,14H2,1-4H3,(H,27,32)/t16-/m1/s1. The summed E-state index contributed by atoms with van der Waals surface area (Å²) in [6.45, 7) is 9.53. The number of amides is 1. The predicted octanol–water partition coefficient (Wildman–Crippen LogP) is 3.18. The van der Waals surface area contributed by atoms with E-state index in [2.05, 4.69) is 51.5 Å². The molecule has 1 aromatic carbocycles. The highest BCUT2D eigenvalue weighted by molar-refractivity contribution is 5.93. The van der Waals surface area contributed by atoms with Crippen LogP contribution in [0, 0.1) is 24.2 Å². The molecule has 0 fully saturated rings. The van der Waals surface area contributed by atoms with Crippen molar-refractivity contribution in [2.45, 2.75) is 46.7 Å². The molecule has 3 aromatic rings. The van der Waals surface area contributed by atoms with E-state index in [1.165, 1.54) is 11.1 Å². The van der Waals surface area contributed by atoms with E-state index < -0.39 is 0 Å². The first-order chi connectivity index (χ1) is 15.4. The summed E-state index contributed by atoms with van der Waals surface area (Å²) in [5.74, 6) is 0.997. The molecule has 1 N–H and O–H groups in total. The summed E-state index contributed by atoms with van der Waals surface area (Å²) in [6.07, 6.45) is 2.42. The zero-order valence-corrected chi connectivity index (χ0v) is 18.8. The van der Waals surface area contributed by atoms with Gasteiger partial charge in [0.15, 0.2) is 5.69 Å². The molecule has 1 amide bonds. The Hall–Kier alpha value is -3.73. The molecule has 0 radical (unpaired) electrons. The van der Waals surface area contributed by atoms with Crippen LogP contribution < -0.4 is 10.2 Å². The highest BCUT2D eigenvalue weighted by atomic mass is 16.2. The minimum Gasteiger partial charge on any atom is -0.352 e. The SMILES string of the molecule is Cc1c(C(=O)N[C@H](C)C(C)C)nnn1-c1cccc2c1CCN(c1ccc(C#N)cn1)C2. The third-order valence-electron chi connectivity index (χ3n) is 6.14. The van der Waals surface area contributed by atoms with E-state index in [9.17, 15) is 4.79 Å². The lowest BCUT2D eigenvalue weighted by Crippen LogP contribution is -2.36. The Kier molecular flexibility index (Phi) is 5.91. The van der Waals surface area contributed by atoms with Gasteiger partial charge in [0.2, 0.25) is 0 Å². The number of hydrogen-bond acceptors (Lipinski definition) is 6. The van der Waals surface area contributed by atoms with Crippen LogP contribution in [-0.4, -0.2) is 38.5 Å². The molecule has 3 heterocycles. The average molecular weight is 430 g/mol. The van der Waals surface area contributed by atoms with Crippen molar-refractivity contribution >= 4 is 11.7 Å². The van der Waals surface area contributed by atoms with Crippen LogP contribution in [-0.2, 0) is 13.0 Å². The quantitative estimate of drug-likeness (QED) is 0.669. The first kappa shape index (κ1) is 21.5. The molecule has 1 atom stereocenters. The highest BCUT2D eigenvalue weighted by Gasteiger charge is 2.24. The number of rotatable bonds is 5. The van der Waals surface area contributed by atoms with E-state index in [1.807, 2.05) is 32.0 Å². The van der Waals surface area contributed by atoms with Crippen LogP contribution in [0.1, 0.15) is 53.6 Å². The fourth-order valence-electron chi connectivity index (χ4n) is 3.83. The number of nitriles is 1. The molecule has 0 saturated heterocycles. The van der Waals surface area contributed by atoms with Crippen molar-refractivity contribution in [3.05, 3.63) is 64.6 Å². The van der Waals surface area contributed by atoms with Gasteiger partial charge in [-0.3, -0.25) is 4.79 Å². The number of nitrogens with zero attached hydrogens (tertiary/aromatic N) is 6. The summed E-state index contributed by atoms with van der Waals surface area (Å²) in [6, 6.07) is 12.0. The zero-order chi connectivity index (χ0) is 22.8. The third kappa shape index (κ3) is 4.06. The topological polar surface area (TPSA) is 99.7 Å². The first-order valence-electron chi connectivity index (χ1n) is 10.8. The number of fused-ring (bicyclic) bond motifs is 1. The normalized spacial score (nSPS) is 14.1. The van der Waals surface area contributed by atoms with Gasteiger partial charge in [0.1, 0.15) is 11.9 Å². The lowest BCUT2D eigenvalue weighted by atomic mass is 9.97. The van der Waals surface area contributed by atoms with E-state index in [-0.39, 0.29) is 11.9 Å². The molecule has 0 aliphatic carbocycles. The summed E-state index contributed by atoms with van der Waals surface area (Å²) in [5, 5.41) is 20.5. The fraction of sp³-hybridized carbons (Fsp3) is 0.375. The zero-order valence-electron chi connectivity index (χ0n) is 18.8. The van der Waals surface area contributed by atoms with Crippen molar-refractivity contribution in [1.82, 2.24) is 25.3 Å². The number of benzene rings is 1. The summed E-state index contributed by atoms with van der Waals surface area (Å²) < 4.78 is 1.77. The Morgan fingerprint density at radius 1 is 1.22 bits per heavy atom. The third-order valence-corrected chi connectivity index (χ3v) is 6.14. The Balaban J connectivity index is 1.59. The monoisotopic (exact) mass is 429 g/mol. The van der Waals surface area contributed by atoms with Crippen LogP contribution >= 0.6 is 0 Å². The van der Waals surface area contributed by atoms with E-state index >= 15 is 0 Å². The Labute approximate surface area is 187 Å². The first-order valence-corrected chi connectivity index (χ1v) is 10.8. The molecule has 8 nitrogen and oxygen atoms in total. The summed E-state index contributed by atoms with van der Waals surface area (Å²) in [5.41, 5.74) is 4.98. The van der Waals surface area contributed by atoms with Crippen molar-refractivity contribution in [1.29, 1.82) is 5.26 Å². The van der Waals surface area contributed by atoms with Crippen LogP contribution in [0.25, 0.3) is 5.69 Å². The maximum absolute atomic E-state index is 12.7. The molecule has 2 aromatic heterocycles. The van der Waals surface area contributed by atoms with E-state index in [0.29, 0.717) is 17.2 Å². The van der Waals surface area contributed by atoms with Gasteiger partial charge in [-0.2, -0.15) is 5.26 Å². The lowest BCUT2D eigenvalue weighted by molar-refractivity contribution is 0.0924. The lowest BCUT2D eigenvalue weighted by Gasteiger charge is -2.31. The number of carbonyl (C=O) groups is 1. The Morgan fingerprint density at radius 2 is 2.03 bits per heavy atom. The van der Waals surface area contributed by atoms with E-state index in [4.69, 9.17) is 5.26 Å². The van der Waals surface area contributed by atoms with Gasteiger partial charge in [-0.15, -0.1) is 5.10 Å². The van der Waals surface area contributed by atoms with Crippen molar-refractivity contribution in [2.75, 3.05) is 11.4 Å². The second-order valence-corrected chi connectivity index (χ2v) is 8.54. The van der Waals surface area contributed by atoms with E-state index in [0.717, 1.165) is 36.7 Å². The predicted molar refractivity (Wildman–Crippen MR) is 122 cm³/mol. The molecular weight excluding hydrogens is 402 g/mol. The molecule has 1 aliphatic heterocycles. The minimum absolute atomic E-state index is 0.0540. The molecule has 0 bridgehead atoms. The van der Waals surface area contributed by atoms with Crippen molar-refractivity contribution < 1.29 is 4.79 Å². The minimum atomic E-state index is -0.196. The summed E-state index contributed by atoms with van der Waals surface area (Å²) >= 11 is 0. The van der Waals surface area contributed by atoms with Gasteiger partial charge in [-0.05, 0) is 55.5 Å². The van der Waals surface area contributed by atoms with E-state index in [1.54, 1.807) is 16.9 Å². The molecular formula is C24H27N7O. The van der Waals surface area contributed by atoms with Crippen molar-refractivity contribution in [2.24, 2.45) is 5.92 Å². The largest absolute Gasteiger partial charge is 0.352 e. The molecule has 4 rings (SSSR count).